The first kappa shape index (κ1) is 15.1. The Morgan fingerprint density at radius 2 is 2.25 bits per heavy atom. The maximum Gasteiger partial charge on any atom is 0.265 e. The summed E-state index contributed by atoms with van der Waals surface area (Å²) in [6, 6.07) is 0.463. The molecule has 0 aliphatic heterocycles. The summed E-state index contributed by atoms with van der Waals surface area (Å²) < 4.78 is 0. The molecule has 1 fully saturated rings. The smallest absolute Gasteiger partial charge is 0.265 e. The van der Waals surface area contributed by atoms with E-state index in [1.807, 2.05) is 13.8 Å². The number of nitrogens with zero attached hydrogens (tertiary/aromatic N) is 1. The molecule has 112 valence electrons. The topological polar surface area (TPSA) is 100 Å². The van der Waals surface area contributed by atoms with Gasteiger partial charge in [0.05, 0.1) is 0 Å². The highest BCUT2D eigenvalue weighted by atomic mass is 32.1. The summed E-state index contributed by atoms with van der Waals surface area (Å²) in [5.74, 6) is 0.0271. The van der Waals surface area contributed by atoms with Gasteiger partial charge in [-0.1, -0.05) is 25.2 Å². The molecule has 5 N–H and O–H groups in total. The van der Waals surface area contributed by atoms with Crippen molar-refractivity contribution < 1.29 is 9.90 Å². The molecule has 1 aliphatic carbocycles. The Morgan fingerprint density at radius 1 is 1.55 bits per heavy atom. The molecule has 1 aliphatic rings. The Hall–Kier alpha value is -1.34. The monoisotopic (exact) mass is 298 g/mol. The standard InChI is InChI=1S/C13H22N4O2S/c1-13(2,7-18)6-15-11(19)9-10(14)17-12(20-9)16-8-4-3-5-8/h8,18H,3-7,14H2,1-2H3,(H,15,19)(H,16,17). The fourth-order valence-electron chi connectivity index (χ4n) is 1.74. The lowest BCUT2D eigenvalue weighted by atomic mass is 9.93. The molecule has 0 unspecified atom stereocenters. The number of carbonyl (C=O) groups is 1. The van der Waals surface area contributed by atoms with Crippen molar-refractivity contribution in [3.63, 3.8) is 0 Å². The minimum atomic E-state index is -0.345. The number of nitrogen functional groups attached to an aromatic ring is 1. The van der Waals surface area contributed by atoms with E-state index in [1.165, 1.54) is 17.8 Å². The van der Waals surface area contributed by atoms with Gasteiger partial charge in [0.2, 0.25) is 0 Å². The first-order valence-corrected chi connectivity index (χ1v) is 7.65. The van der Waals surface area contributed by atoms with E-state index < -0.39 is 0 Å². The number of hydrogen-bond donors (Lipinski definition) is 4. The van der Waals surface area contributed by atoms with Crippen LogP contribution in [0.3, 0.4) is 0 Å². The molecule has 1 heterocycles. The molecule has 0 spiro atoms. The number of nitrogens with two attached hydrogens (primary N) is 1. The lowest BCUT2D eigenvalue weighted by Crippen LogP contribution is -2.36. The van der Waals surface area contributed by atoms with Crippen LogP contribution in [0.2, 0.25) is 0 Å². The largest absolute Gasteiger partial charge is 0.396 e. The van der Waals surface area contributed by atoms with Crippen LogP contribution in [0.15, 0.2) is 0 Å². The molecular formula is C13H22N4O2S. The average molecular weight is 298 g/mol. The van der Waals surface area contributed by atoms with Crippen molar-refractivity contribution in [2.24, 2.45) is 5.41 Å². The van der Waals surface area contributed by atoms with E-state index in [4.69, 9.17) is 5.73 Å². The van der Waals surface area contributed by atoms with Crippen LogP contribution in [0.25, 0.3) is 0 Å². The van der Waals surface area contributed by atoms with E-state index in [-0.39, 0.29) is 23.7 Å². The van der Waals surface area contributed by atoms with E-state index in [1.54, 1.807) is 0 Å². The summed E-state index contributed by atoms with van der Waals surface area (Å²) in [4.78, 5) is 16.7. The number of hydrogen-bond acceptors (Lipinski definition) is 6. The van der Waals surface area contributed by atoms with E-state index >= 15 is 0 Å². The normalized spacial score (nSPS) is 15.8. The van der Waals surface area contributed by atoms with Crippen LogP contribution >= 0.6 is 11.3 Å². The SMILES string of the molecule is CC(C)(CO)CNC(=O)c1sc(NC2CCC2)nc1N. The molecule has 1 amide bonds. The number of rotatable bonds is 6. The minimum absolute atomic E-state index is 0.0138. The molecule has 0 aromatic carbocycles. The van der Waals surface area contributed by atoms with Gasteiger partial charge in [0.1, 0.15) is 10.7 Å². The van der Waals surface area contributed by atoms with Crippen molar-refractivity contribution in [2.45, 2.75) is 39.2 Å². The highest BCUT2D eigenvalue weighted by molar-refractivity contribution is 7.18. The summed E-state index contributed by atoms with van der Waals surface area (Å²) in [6.45, 7) is 4.17. The number of aliphatic hydroxyl groups is 1. The number of aliphatic hydroxyl groups excluding tert-OH is 1. The number of carbonyl (C=O) groups excluding carboxylic acids is 1. The summed E-state index contributed by atoms with van der Waals surface area (Å²) in [5.41, 5.74) is 5.45. The van der Waals surface area contributed by atoms with Crippen molar-refractivity contribution in [3.05, 3.63) is 4.88 Å². The molecule has 0 saturated heterocycles. The summed E-state index contributed by atoms with van der Waals surface area (Å²) in [5, 5.41) is 16.0. The van der Waals surface area contributed by atoms with Crippen molar-refractivity contribution in [2.75, 3.05) is 24.2 Å². The Labute approximate surface area is 122 Å². The quantitative estimate of drug-likeness (QED) is 0.637. The van der Waals surface area contributed by atoms with Gasteiger partial charge in [-0.05, 0) is 19.3 Å². The van der Waals surface area contributed by atoms with Gasteiger partial charge < -0.3 is 21.5 Å². The summed E-state index contributed by atoms with van der Waals surface area (Å²) >= 11 is 1.28. The summed E-state index contributed by atoms with van der Waals surface area (Å²) in [6.07, 6.45) is 3.53. The highest BCUT2D eigenvalue weighted by Crippen LogP contribution is 2.29. The van der Waals surface area contributed by atoms with Crippen LogP contribution in [-0.4, -0.2) is 35.2 Å². The van der Waals surface area contributed by atoms with Gasteiger partial charge in [-0.2, -0.15) is 0 Å². The van der Waals surface area contributed by atoms with Crippen molar-refractivity contribution in [1.29, 1.82) is 0 Å². The Kier molecular flexibility index (Phi) is 4.49. The molecule has 0 radical (unpaired) electrons. The zero-order chi connectivity index (χ0) is 14.8. The molecule has 20 heavy (non-hydrogen) atoms. The number of anilines is 2. The molecule has 2 rings (SSSR count). The Balaban J connectivity index is 1.95. The van der Waals surface area contributed by atoms with Crippen molar-refractivity contribution >= 4 is 28.2 Å². The fourth-order valence-corrected chi connectivity index (χ4v) is 2.62. The van der Waals surface area contributed by atoms with Crippen LogP contribution in [0.4, 0.5) is 10.9 Å². The number of aromatic nitrogens is 1. The average Bonchev–Trinajstić information content (AvgIpc) is 2.72. The number of nitrogens with one attached hydrogen (secondary N) is 2. The fraction of sp³-hybridized carbons (Fsp3) is 0.692. The number of thiazole rings is 1. The Bertz CT molecular complexity index is 483. The molecule has 1 aromatic rings. The molecular weight excluding hydrogens is 276 g/mol. The van der Waals surface area contributed by atoms with Crippen LogP contribution in [-0.2, 0) is 0 Å². The van der Waals surface area contributed by atoms with E-state index in [0.29, 0.717) is 22.6 Å². The first-order chi connectivity index (χ1) is 9.41. The lowest BCUT2D eigenvalue weighted by molar-refractivity contribution is 0.0915. The number of amides is 1. The molecule has 0 atom stereocenters. The second kappa shape index (κ2) is 5.97. The van der Waals surface area contributed by atoms with Crippen molar-refractivity contribution in [3.8, 4) is 0 Å². The zero-order valence-electron chi connectivity index (χ0n) is 11.9. The maximum atomic E-state index is 12.1. The van der Waals surface area contributed by atoms with E-state index in [9.17, 15) is 9.90 Å². The third-order valence-corrected chi connectivity index (χ3v) is 4.45. The predicted octanol–water partition coefficient (Wildman–Crippen LogP) is 1.44. The van der Waals surface area contributed by atoms with Crippen LogP contribution in [0.5, 0.6) is 0 Å². The van der Waals surface area contributed by atoms with Crippen LogP contribution < -0.4 is 16.4 Å². The zero-order valence-corrected chi connectivity index (χ0v) is 12.7. The van der Waals surface area contributed by atoms with Gasteiger partial charge in [-0.3, -0.25) is 4.79 Å². The second-order valence-electron chi connectivity index (χ2n) is 6.01. The van der Waals surface area contributed by atoms with Gasteiger partial charge >= 0.3 is 0 Å². The van der Waals surface area contributed by atoms with Gasteiger partial charge in [-0.25, -0.2) is 4.98 Å². The van der Waals surface area contributed by atoms with Crippen LogP contribution in [0, 0.1) is 5.41 Å². The maximum absolute atomic E-state index is 12.1. The molecule has 6 nitrogen and oxygen atoms in total. The second-order valence-corrected chi connectivity index (χ2v) is 7.01. The first-order valence-electron chi connectivity index (χ1n) is 6.83. The summed E-state index contributed by atoms with van der Waals surface area (Å²) in [7, 11) is 0. The van der Waals surface area contributed by atoms with Crippen LogP contribution in [0.1, 0.15) is 42.8 Å². The van der Waals surface area contributed by atoms with Gasteiger partial charge in [0, 0.05) is 24.6 Å². The molecule has 1 aromatic heterocycles. The van der Waals surface area contributed by atoms with E-state index in [0.717, 1.165) is 12.8 Å². The van der Waals surface area contributed by atoms with Gasteiger partial charge in [-0.15, -0.1) is 0 Å². The lowest BCUT2D eigenvalue weighted by Gasteiger charge is -2.25. The minimum Gasteiger partial charge on any atom is -0.396 e. The van der Waals surface area contributed by atoms with Gasteiger partial charge in [0.25, 0.3) is 5.91 Å². The highest BCUT2D eigenvalue weighted by Gasteiger charge is 2.23. The molecule has 7 heteroatoms. The Morgan fingerprint density at radius 3 is 2.80 bits per heavy atom. The van der Waals surface area contributed by atoms with E-state index in [2.05, 4.69) is 15.6 Å². The third kappa shape index (κ3) is 3.61. The molecule has 0 bridgehead atoms. The van der Waals surface area contributed by atoms with Gasteiger partial charge in [0.15, 0.2) is 5.13 Å². The third-order valence-electron chi connectivity index (χ3n) is 3.45. The van der Waals surface area contributed by atoms with Crippen molar-refractivity contribution in [1.82, 2.24) is 10.3 Å². The molecule has 1 saturated carbocycles. The predicted molar refractivity (Wildman–Crippen MR) is 81.0 cm³/mol.